The van der Waals surface area contributed by atoms with Gasteiger partial charge in [0.1, 0.15) is 17.2 Å². The topological polar surface area (TPSA) is 90.8 Å². The van der Waals surface area contributed by atoms with Crippen molar-refractivity contribution in [2.45, 2.75) is 26.2 Å². The summed E-state index contributed by atoms with van der Waals surface area (Å²) < 4.78 is 16.3. The first-order chi connectivity index (χ1) is 13.3. The van der Waals surface area contributed by atoms with Crippen molar-refractivity contribution < 1.29 is 18.8 Å². The van der Waals surface area contributed by atoms with Crippen LogP contribution in [0.3, 0.4) is 0 Å². The van der Waals surface area contributed by atoms with Crippen LogP contribution in [0.1, 0.15) is 26.5 Å². The second-order valence-electron chi connectivity index (χ2n) is 7.25. The third-order valence-corrected chi connectivity index (χ3v) is 4.10. The van der Waals surface area contributed by atoms with Gasteiger partial charge in [-0.25, -0.2) is 9.69 Å². The summed E-state index contributed by atoms with van der Waals surface area (Å²) in [5.74, 6) is 2.30. The third-order valence-electron chi connectivity index (χ3n) is 4.10. The minimum atomic E-state index is -0.666. The lowest BCUT2D eigenvalue weighted by molar-refractivity contribution is 0.254. The van der Waals surface area contributed by atoms with Crippen LogP contribution in [0.2, 0.25) is 0 Å². The smallest absolute Gasteiger partial charge is 0.326 e. The largest absolute Gasteiger partial charge is 0.497 e. The van der Waals surface area contributed by atoms with Crippen molar-refractivity contribution in [3.05, 3.63) is 60.3 Å². The van der Waals surface area contributed by atoms with Crippen LogP contribution in [0, 0.1) is 0 Å². The molecule has 28 heavy (non-hydrogen) atoms. The number of benzene rings is 2. The summed E-state index contributed by atoms with van der Waals surface area (Å²) in [5.41, 5.74) is 6.63. The number of hydrogen-bond acceptors (Lipinski definition) is 5. The van der Waals surface area contributed by atoms with Gasteiger partial charge in [-0.3, -0.25) is 0 Å². The van der Waals surface area contributed by atoms with Crippen molar-refractivity contribution in [3.8, 4) is 17.2 Å². The number of rotatable bonds is 5. The summed E-state index contributed by atoms with van der Waals surface area (Å²) in [5, 5.41) is 4.04. The fourth-order valence-corrected chi connectivity index (χ4v) is 2.53. The molecule has 146 valence electrons. The second kappa shape index (κ2) is 7.64. The molecule has 0 saturated carbocycles. The predicted octanol–water partition coefficient (Wildman–Crippen LogP) is 4.99. The van der Waals surface area contributed by atoms with Crippen molar-refractivity contribution in [1.29, 1.82) is 0 Å². The molecule has 0 radical (unpaired) electrons. The number of nitrogens with zero attached hydrogens (tertiary/aromatic N) is 2. The zero-order valence-corrected chi connectivity index (χ0v) is 16.3. The number of primary amides is 1. The summed E-state index contributed by atoms with van der Waals surface area (Å²) in [6.07, 6.45) is 0. The number of carbonyl (C=O) groups excluding carboxylic acids is 1. The third kappa shape index (κ3) is 4.25. The van der Waals surface area contributed by atoms with Crippen LogP contribution >= 0.6 is 0 Å². The highest BCUT2D eigenvalue weighted by molar-refractivity contribution is 5.97. The number of nitrogens with two attached hydrogens (primary N) is 1. The van der Waals surface area contributed by atoms with Gasteiger partial charge in [0.15, 0.2) is 0 Å². The minimum absolute atomic E-state index is 0.207. The Balaban J connectivity index is 1.81. The van der Waals surface area contributed by atoms with Crippen molar-refractivity contribution in [1.82, 2.24) is 5.16 Å². The van der Waals surface area contributed by atoms with Crippen LogP contribution in [-0.4, -0.2) is 18.3 Å². The highest BCUT2D eigenvalue weighted by Crippen LogP contribution is 2.32. The zero-order chi connectivity index (χ0) is 20.3. The zero-order valence-electron chi connectivity index (χ0n) is 16.3. The average Bonchev–Trinajstić information content (AvgIpc) is 3.14. The number of carbonyl (C=O) groups is 1. The first kappa shape index (κ1) is 19.3. The summed E-state index contributed by atoms with van der Waals surface area (Å²) >= 11 is 0. The number of hydrogen-bond donors (Lipinski definition) is 1. The van der Waals surface area contributed by atoms with E-state index in [4.69, 9.17) is 19.7 Å². The highest BCUT2D eigenvalue weighted by Gasteiger charge is 2.24. The van der Waals surface area contributed by atoms with Gasteiger partial charge in [0.05, 0.1) is 18.5 Å². The van der Waals surface area contributed by atoms with E-state index < -0.39 is 6.03 Å². The fourth-order valence-electron chi connectivity index (χ4n) is 2.53. The van der Waals surface area contributed by atoms with Crippen LogP contribution in [0.15, 0.2) is 59.1 Å². The number of urea groups is 1. The van der Waals surface area contributed by atoms with Gasteiger partial charge in [0, 0.05) is 11.5 Å². The molecule has 1 heterocycles. The molecule has 3 aromatic rings. The van der Waals surface area contributed by atoms with E-state index in [0.717, 1.165) is 11.4 Å². The first-order valence-electron chi connectivity index (χ1n) is 8.76. The molecule has 3 rings (SSSR count). The van der Waals surface area contributed by atoms with Gasteiger partial charge >= 0.3 is 6.03 Å². The van der Waals surface area contributed by atoms with Gasteiger partial charge in [-0.15, -0.1) is 0 Å². The van der Waals surface area contributed by atoms with E-state index in [1.165, 1.54) is 4.90 Å². The molecule has 7 nitrogen and oxygen atoms in total. The lowest BCUT2D eigenvalue weighted by atomic mass is 9.92. The maximum atomic E-state index is 12.0. The van der Waals surface area contributed by atoms with E-state index in [9.17, 15) is 4.79 Å². The molecule has 0 aliphatic rings. The molecule has 1 aromatic heterocycles. The second-order valence-corrected chi connectivity index (χ2v) is 7.25. The maximum absolute atomic E-state index is 12.0. The maximum Gasteiger partial charge on any atom is 0.326 e. The molecule has 0 aliphatic heterocycles. The summed E-state index contributed by atoms with van der Waals surface area (Å²) in [4.78, 5) is 13.3. The number of amides is 2. The molecule has 2 aromatic carbocycles. The van der Waals surface area contributed by atoms with Gasteiger partial charge in [-0.2, -0.15) is 0 Å². The van der Waals surface area contributed by atoms with Gasteiger partial charge in [0.25, 0.3) is 0 Å². The minimum Gasteiger partial charge on any atom is -0.497 e. The highest BCUT2D eigenvalue weighted by atomic mass is 16.5. The van der Waals surface area contributed by atoms with Crippen molar-refractivity contribution >= 4 is 17.6 Å². The summed E-state index contributed by atoms with van der Waals surface area (Å²) in [6.45, 7) is 6.03. The van der Waals surface area contributed by atoms with Gasteiger partial charge < -0.3 is 19.7 Å². The van der Waals surface area contributed by atoms with Gasteiger partial charge in [-0.1, -0.05) is 25.9 Å². The molecule has 0 unspecified atom stereocenters. The molecule has 0 fully saturated rings. The Hall–Kier alpha value is -3.48. The predicted molar refractivity (Wildman–Crippen MR) is 106 cm³/mol. The van der Waals surface area contributed by atoms with E-state index in [2.05, 4.69) is 5.16 Å². The Morgan fingerprint density at radius 2 is 1.54 bits per heavy atom. The van der Waals surface area contributed by atoms with Gasteiger partial charge in [-0.05, 0) is 48.5 Å². The average molecular weight is 381 g/mol. The van der Waals surface area contributed by atoms with Crippen LogP contribution in [0.4, 0.5) is 16.4 Å². The van der Waals surface area contributed by atoms with Gasteiger partial charge in [0.2, 0.25) is 5.88 Å². The van der Waals surface area contributed by atoms with Crippen LogP contribution in [-0.2, 0) is 5.41 Å². The molecule has 0 atom stereocenters. The van der Waals surface area contributed by atoms with Crippen molar-refractivity contribution in [3.63, 3.8) is 0 Å². The van der Waals surface area contributed by atoms with Crippen LogP contribution in [0.25, 0.3) is 0 Å². The monoisotopic (exact) mass is 381 g/mol. The van der Waals surface area contributed by atoms with E-state index in [0.29, 0.717) is 17.2 Å². The number of aromatic nitrogens is 1. The molecule has 0 aliphatic carbocycles. The lowest BCUT2D eigenvalue weighted by Gasteiger charge is -2.17. The Bertz CT molecular complexity index is 941. The number of ether oxygens (including phenoxy) is 2. The fraction of sp³-hybridized carbons (Fsp3) is 0.238. The lowest BCUT2D eigenvalue weighted by Crippen LogP contribution is -2.31. The van der Waals surface area contributed by atoms with E-state index in [1.54, 1.807) is 37.4 Å². The van der Waals surface area contributed by atoms with E-state index in [1.807, 2.05) is 45.0 Å². The Morgan fingerprint density at radius 1 is 1.00 bits per heavy atom. The standard InChI is InChI=1S/C21H23N3O4/c1-21(2,3)18-13-19(28-23-18)24(20(22)25)14-5-7-16(8-6-14)27-17-11-9-15(26-4)10-12-17/h5-13H,1-4H3,(H2,22,25). The Labute approximate surface area is 163 Å². The molecule has 7 heteroatoms. The molecule has 0 spiro atoms. The first-order valence-corrected chi connectivity index (χ1v) is 8.76. The number of methoxy groups -OCH3 is 1. The summed E-state index contributed by atoms with van der Waals surface area (Å²) in [7, 11) is 1.61. The Kier molecular flexibility index (Phi) is 5.26. The molecular weight excluding hydrogens is 358 g/mol. The van der Waals surface area contributed by atoms with E-state index >= 15 is 0 Å². The van der Waals surface area contributed by atoms with Crippen molar-refractivity contribution in [2.75, 3.05) is 12.0 Å². The van der Waals surface area contributed by atoms with Crippen molar-refractivity contribution in [2.24, 2.45) is 5.73 Å². The summed E-state index contributed by atoms with van der Waals surface area (Å²) in [6, 6.07) is 15.2. The van der Waals surface area contributed by atoms with Crippen LogP contribution < -0.4 is 20.1 Å². The SMILES string of the molecule is COc1ccc(Oc2ccc(N(C(N)=O)c3cc(C(C)(C)C)no3)cc2)cc1. The number of anilines is 2. The molecule has 2 N–H and O–H groups in total. The Morgan fingerprint density at radius 3 is 2.00 bits per heavy atom. The molecule has 2 amide bonds. The molecule has 0 bridgehead atoms. The van der Waals surface area contributed by atoms with Crippen LogP contribution in [0.5, 0.6) is 17.2 Å². The van der Waals surface area contributed by atoms with E-state index in [-0.39, 0.29) is 11.3 Å². The quantitative estimate of drug-likeness (QED) is 0.672. The molecular formula is C21H23N3O4. The normalized spacial score (nSPS) is 11.1. The molecule has 0 saturated heterocycles.